The van der Waals surface area contributed by atoms with Crippen LogP contribution >= 0.6 is 11.8 Å². The van der Waals surface area contributed by atoms with Crippen molar-refractivity contribution < 1.29 is 27.8 Å². The molecule has 0 fully saturated rings. The Kier molecular flexibility index (Phi) is 6.70. The Morgan fingerprint density at radius 3 is 2.43 bits per heavy atom. The predicted molar refractivity (Wildman–Crippen MR) is 123 cm³/mol. The van der Waals surface area contributed by atoms with Gasteiger partial charge in [0.1, 0.15) is 11.4 Å². The Bertz CT molecular complexity index is 1410. The average molecular weight is 501 g/mol. The molecule has 180 valence electrons. The second-order valence-corrected chi connectivity index (χ2v) is 8.55. The molecule has 0 spiro atoms. The average Bonchev–Trinajstić information content (AvgIpc) is 3.03. The Labute approximate surface area is 201 Å². The molecule has 7 nitrogen and oxygen atoms in total. The second-order valence-electron chi connectivity index (χ2n) is 7.41. The first kappa shape index (κ1) is 24.1. The topological polar surface area (TPSA) is 86.4 Å². The van der Waals surface area contributed by atoms with Crippen molar-refractivity contribution in [3.8, 4) is 17.3 Å². The number of alkyl halides is 3. The van der Waals surface area contributed by atoms with Gasteiger partial charge in [-0.05, 0) is 72.8 Å². The van der Waals surface area contributed by atoms with E-state index in [-0.39, 0.29) is 46.2 Å². The fourth-order valence-electron chi connectivity index (χ4n) is 3.37. The van der Waals surface area contributed by atoms with Gasteiger partial charge in [0.05, 0.1) is 17.9 Å². The van der Waals surface area contributed by atoms with Crippen LogP contribution in [0.15, 0.2) is 82.6 Å². The molecule has 0 unspecified atom stereocenters. The molecule has 0 saturated carbocycles. The highest BCUT2D eigenvalue weighted by Gasteiger charge is 2.29. The number of pyridine rings is 1. The summed E-state index contributed by atoms with van der Waals surface area (Å²) < 4.78 is 45.3. The van der Waals surface area contributed by atoms with Crippen molar-refractivity contribution >= 4 is 17.7 Å². The molecule has 2 heterocycles. The lowest BCUT2D eigenvalue weighted by atomic mass is 10.2. The molecule has 0 aliphatic rings. The zero-order valence-corrected chi connectivity index (χ0v) is 19.0. The number of esters is 1. The van der Waals surface area contributed by atoms with Crippen LogP contribution in [0.4, 0.5) is 13.2 Å². The van der Waals surface area contributed by atoms with Crippen LogP contribution in [-0.4, -0.2) is 30.7 Å². The van der Waals surface area contributed by atoms with Gasteiger partial charge in [-0.15, -0.1) is 0 Å². The lowest BCUT2D eigenvalue weighted by Gasteiger charge is -2.07. The molecule has 2 aromatic carbocycles. The molecule has 0 saturated heterocycles. The molecular formula is C24H18F3N3O4S. The molecule has 4 aromatic rings. The third-order valence-corrected chi connectivity index (χ3v) is 5.76. The highest BCUT2D eigenvalue weighted by Crippen LogP contribution is 2.37. The third-order valence-electron chi connectivity index (χ3n) is 5.02. The van der Waals surface area contributed by atoms with E-state index in [4.69, 9.17) is 4.74 Å². The monoisotopic (exact) mass is 501 g/mol. The number of para-hydroxylation sites is 1. The number of hydrogen-bond acceptors (Lipinski definition) is 6. The first-order valence-corrected chi connectivity index (χ1v) is 11.0. The summed E-state index contributed by atoms with van der Waals surface area (Å²) in [7, 11) is 0. The van der Waals surface area contributed by atoms with Gasteiger partial charge < -0.3 is 9.84 Å². The molecule has 0 radical (unpaired) electrons. The number of aromatic hydroxyl groups is 1. The summed E-state index contributed by atoms with van der Waals surface area (Å²) in [6.07, 6.45) is 1.41. The number of aromatic nitrogens is 3. The molecule has 0 aliphatic heterocycles. The zero-order valence-electron chi connectivity index (χ0n) is 18.2. The Morgan fingerprint density at radius 2 is 1.77 bits per heavy atom. The van der Waals surface area contributed by atoms with Crippen LogP contribution in [0, 0.1) is 6.92 Å². The van der Waals surface area contributed by atoms with Crippen LogP contribution < -0.4 is 10.4 Å². The summed E-state index contributed by atoms with van der Waals surface area (Å²) in [5.74, 6) is -0.651. The fourth-order valence-corrected chi connectivity index (χ4v) is 3.91. The molecule has 0 amide bonds. The van der Waals surface area contributed by atoms with E-state index >= 15 is 0 Å². The van der Waals surface area contributed by atoms with E-state index in [0.29, 0.717) is 11.3 Å². The maximum atomic E-state index is 13.1. The Balaban J connectivity index is 1.58. The van der Waals surface area contributed by atoms with Gasteiger partial charge in [0.25, 0.3) is 0 Å². The van der Waals surface area contributed by atoms with Gasteiger partial charge in [-0.25, -0.2) is 19.1 Å². The number of carbonyl (C=O) groups is 1. The fraction of sp³-hybridized carbons (Fsp3) is 0.125. The van der Waals surface area contributed by atoms with Crippen LogP contribution in [0.5, 0.6) is 11.6 Å². The summed E-state index contributed by atoms with van der Waals surface area (Å²) in [4.78, 5) is 29.5. The molecule has 35 heavy (non-hydrogen) atoms. The quantitative estimate of drug-likeness (QED) is 0.229. The van der Waals surface area contributed by atoms with Gasteiger partial charge in [0.2, 0.25) is 5.88 Å². The van der Waals surface area contributed by atoms with Crippen molar-refractivity contribution in [3.63, 3.8) is 0 Å². The number of ether oxygens (including phenoxy) is 1. The van der Waals surface area contributed by atoms with Crippen molar-refractivity contribution in [2.45, 2.75) is 23.9 Å². The number of rotatable bonds is 6. The van der Waals surface area contributed by atoms with Crippen molar-refractivity contribution in [2.24, 2.45) is 0 Å². The van der Waals surface area contributed by atoms with Crippen LogP contribution in [0.3, 0.4) is 0 Å². The standard InChI is InChI=1S/C24H18F3N3O4S/c1-15-21(31)30(17-7-9-19(10-8-17)35-24(25,26)27)23(33)29(15)14-16-11-12-28-20(13-16)22(32)34-18-5-3-2-4-6-18/h2-13,31H,14H2,1H3. The summed E-state index contributed by atoms with van der Waals surface area (Å²) in [6, 6.07) is 16.7. The van der Waals surface area contributed by atoms with Gasteiger partial charge in [-0.1, -0.05) is 18.2 Å². The Hall–Kier alpha value is -3.99. The van der Waals surface area contributed by atoms with Crippen LogP contribution in [-0.2, 0) is 6.54 Å². The number of carbonyl (C=O) groups excluding carboxylic acids is 1. The minimum Gasteiger partial charge on any atom is -0.493 e. The molecular weight excluding hydrogens is 483 g/mol. The van der Waals surface area contributed by atoms with Gasteiger partial charge in [0.15, 0.2) is 0 Å². The SMILES string of the molecule is Cc1c(O)n(-c2ccc(SC(F)(F)F)cc2)c(=O)n1Cc1ccnc(C(=O)Oc2ccccc2)c1. The molecule has 0 atom stereocenters. The van der Waals surface area contributed by atoms with Crippen molar-refractivity contribution in [3.05, 3.63) is 100 Å². The highest BCUT2D eigenvalue weighted by atomic mass is 32.2. The molecule has 0 aliphatic carbocycles. The van der Waals surface area contributed by atoms with E-state index in [1.807, 2.05) is 0 Å². The van der Waals surface area contributed by atoms with Crippen LogP contribution in [0.25, 0.3) is 5.69 Å². The minimum atomic E-state index is -4.43. The number of halogens is 3. The van der Waals surface area contributed by atoms with Crippen LogP contribution in [0.2, 0.25) is 0 Å². The lowest BCUT2D eigenvalue weighted by molar-refractivity contribution is -0.0328. The van der Waals surface area contributed by atoms with E-state index in [2.05, 4.69) is 4.98 Å². The number of imidazole rings is 1. The number of thioether (sulfide) groups is 1. The van der Waals surface area contributed by atoms with Gasteiger partial charge >= 0.3 is 17.2 Å². The normalized spacial score (nSPS) is 11.4. The predicted octanol–water partition coefficient (Wildman–Crippen LogP) is 4.93. The number of hydrogen-bond donors (Lipinski definition) is 1. The first-order valence-electron chi connectivity index (χ1n) is 10.2. The zero-order chi connectivity index (χ0) is 25.2. The summed E-state index contributed by atoms with van der Waals surface area (Å²) in [6.45, 7) is 1.55. The van der Waals surface area contributed by atoms with Crippen molar-refractivity contribution in [2.75, 3.05) is 0 Å². The van der Waals surface area contributed by atoms with Crippen LogP contribution in [0.1, 0.15) is 21.7 Å². The van der Waals surface area contributed by atoms with Gasteiger partial charge in [-0.2, -0.15) is 13.2 Å². The van der Waals surface area contributed by atoms with E-state index in [0.717, 1.165) is 4.57 Å². The molecule has 0 bridgehead atoms. The smallest absolute Gasteiger partial charge is 0.446 e. The van der Waals surface area contributed by atoms with E-state index in [1.54, 1.807) is 36.4 Å². The van der Waals surface area contributed by atoms with E-state index in [1.165, 1.54) is 48.0 Å². The molecule has 4 rings (SSSR count). The number of benzene rings is 2. The summed E-state index contributed by atoms with van der Waals surface area (Å²) >= 11 is -0.272. The van der Waals surface area contributed by atoms with Gasteiger partial charge in [-0.3, -0.25) is 4.57 Å². The van der Waals surface area contributed by atoms with Crippen molar-refractivity contribution in [1.29, 1.82) is 0 Å². The molecule has 1 N–H and O–H groups in total. The largest absolute Gasteiger partial charge is 0.493 e. The second kappa shape index (κ2) is 9.71. The van der Waals surface area contributed by atoms with Crippen molar-refractivity contribution in [1.82, 2.24) is 14.1 Å². The summed E-state index contributed by atoms with van der Waals surface area (Å²) in [5, 5.41) is 10.6. The highest BCUT2D eigenvalue weighted by molar-refractivity contribution is 8.00. The number of nitrogens with zero attached hydrogens (tertiary/aromatic N) is 3. The first-order chi connectivity index (χ1) is 16.6. The molecule has 2 aromatic heterocycles. The Morgan fingerprint density at radius 1 is 1.09 bits per heavy atom. The molecule has 11 heteroatoms. The van der Waals surface area contributed by atoms with Gasteiger partial charge in [0, 0.05) is 11.1 Å². The summed E-state index contributed by atoms with van der Waals surface area (Å²) in [5.41, 5.74) is -3.98. The van der Waals surface area contributed by atoms with E-state index in [9.17, 15) is 27.9 Å². The third kappa shape index (κ3) is 5.57. The maximum Gasteiger partial charge on any atom is 0.446 e. The van der Waals surface area contributed by atoms with E-state index < -0.39 is 17.2 Å². The minimum absolute atomic E-state index is 0.0153. The lowest BCUT2D eigenvalue weighted by Crippen LogP contribution is -2.24. The maximum absolute atomic E-state index is 13.1.